The van der Waals surface area contributed by atoms with E-state index in [1.165, 1.54) is 0 Å². The number of anilines is 1. The van der Waals surface area contributed by atoms with Crippen LogP contribution >= 0.6 is 11.6 Å². The number of amides is 1. The molecular weight excluding hydrogens is 460 g/mol. The van der Waals surface area contributed by atoms with Crippen molar-refractivity contribution in [3.05, 3.63) is 88.9 Å². The van der Waals surface area contributed by atoms with Crippen molar-refractivity contribution in [3.8, 4) is 11.4 Å². The molecule has 35 heavy (non-hydrogen) atoms. The number of aromatic nitrogens is 4. The van der Waals surface area contributed by atoms with Crippen molar-refractivity contribution in [2.45, 2.75) is 6.92 Å². The Kier molecular flexibility index (Phi) is 5.34. The van der Waals surface area contributed by atoms with E-state index in [1.807, 2.05) is 70.0 Å². The Hall–Kier alpha value is -3.97. The number of piperazine rings is 1. The summed E-state index contributed by atoms with van der Waals surface area (Å²) in [5, 5.41) is 10.6. The molecule has 3 heterocycles. The molecule has 6 rings (SSSR count). The molecule has 0 bridgehead atoms. The van der Waals surface area contributed by atoms with Gasteiger partial charge in [0, 0.05) is 47.7 Å². The molecule has 8 heteroatoms. The first kappa shape index (κ1) is 21.6. The van der Waals surface area contributed by atoms with E-state index in [1.54, 1.807) is 0 Å². The Morgan fingerprint density at radius 1 is 0.886 bits per heavy atom. The van der Waals surface area contributed by atoms with Gasteiger partial charge in [-0.25, -0.2) is 9.38 Å². The van der Waals surface area contributed by atoms with Crippen LogP contribution in [0.5, 0.6) is 0 Å². The lowest BCUT2D eigenvalue weighted by Gasteiger charge is -2.35. The van der Waals surface area contributed by atoms with E-state index in [9.17, 15) is 4.79 Å². The van der Waals surface area contributed by atoms with Crippen LogP contribution in [0.3, 0.4) is 0 Å². The Morgan fingerprint density at radius 3 is 2.46 bits per heavy atom. The second-order valence-corrected chi connectivity index (χ2v) is 9.21. The zero-order chi connectivity index (χ0) is 23.9. The van der Waals surface area contributed by atoms with Gasteiger partial charge in [0.2, 0.25) is 5.95 Å². The van der Waals surface area contributed by atoms with Crippen LogP contribution in [0.2, 0.25) is 5.02 Å². The summed E-state index contributed by atoms with van der Waals surface area (Å²) in [6.45, 7) is 4.57. The molecule has 0 aliphatic carbocycles. The maximum Gasteiger partial charge on any atom is 0.253 e. The lowest BCUT2D eigenvalue weighted by Crippen LogP contribution is -2.49. The quantitative estimate of drug-likeness (QED) is 0.367. The van der Waals surface area contributed by atoms with Gasteiger partial charge in [0.15, 0.2) is 11.5 Å². The Balaban J connectivity index is 1.42. The van der Waals surface area contributed by atoms with Crippen molar-refractivity contribution in [1.29, 1.82) is 0 Å². The van der Waals surface area contributed by atoms with Crippen LogP contribution in [0, 0.1) is 6.92 Å². The average Bonchev–Trinajstić information content (AvgIpc) is 3.34. The predicted octanol–water partition coefficient (Wildman–Crippen LogP) is 4.87. The van der Waals surface area contributed by atoms with Gasteiger partial charge in [0.25, 0.3) is 5.91 Å². The van der Waals surface area contributed by atoms with Crippen LogP contribution in [-0.2, 0) is 0 Å². The number of fused-ring (bicyclic) bond motifs is 3. The molecule has 0 unspecified atom stereocenters. The van der Waals surface area contributed by atoms with Crippen LogP contribution < -0.4 is 4.90 Å². The molecule has 3 aromatic carbocycles. The average molecular weight is 483 g/mol. The molecule has 0 spiro atoms. The minimum Gasteiger partial charge on any atom is -0.338 e. The number of carbonyl (C=O) groups excluding carboxylic acids is 1. The van der Waals surface area contributed by atoms with Crippen molar-refractivity contribution >= 4 is 40.0 Å². The SMILES string of the molecule is Cc1cccc(-c2nnc3c4ccc(Cl)cc4nc(N4CCN(C(=O)c5ccccc5)CC4)n23)c1. The van der Waals surface area contributed by atoms with E-state index in [0.717, 1.165) is 39.4 Å². The Bertz CT molecular complexity index is 1560. The summed E-state index contributed by atoms with van der Waals surface area (Å²) in [5.74, 6) is 1.55. The molecule has 5 aromatic rings. The maximum absolute atomic E-state index is 12.9. The minimum absolute atomic E-state index is 0.0541. The lowest BCUT2D eigenvalue weighted by molar-refractivity contribution is 0.0746. The monoisotopic (exact) mass is 482 g/mol. The highest BCUT2D eigenvalue weighted by Gasteiger charge is 2.26. The fourth-order valence-electron chi connectivity index (χ4n) is 4.65. The van der Waals surface area contributed by atoms with E-state index in [4.69, 9.17) is 16.6 Å². The summed E-state index contributed by atoms with van der Waals surface area (Å²) < 4.78 is 2.03. The van der Waals surface area contributed by atoms with E-state index >= 15 is 0 Å². The number of carbonyl (C=O) groups is 1. The molecule has 0 radical (unpaired) electrons. The first-order valence-corrected chi connectivity index (χ1v) is 12.0. The summed E-state index contributed by atoms with van der Waals surface area (Å²) in [5.41, 5.74) is 4.34. The fraction of sp³-hybridized carbons (Fsp3) is 0.185. The third kappa shape index (κ3) is 3.88. The molecule has 1 fully saturated rings. The van der Waals surface area contributed by atoms with Crippen LogP contribution in [0.25, 0.3) is 27.9 Å². The molecule has 2 aromatic heterocycles. The topological polar surface area (TPSA) is 66.6 Å². The highest BCUT2D eigenvalue weighted by atomic mass is 35.5. The van der Waals surface area contributed by atoms with Gasteiger partial charge >= 0.3 is 0 Å². The third-order valence-corrected chi connectivity index (χ3v) is 6.67. The molecule has 0 N–H and O–H groups in total. The number of benzene rings is 3. The molecule has 1 saturated heterocycles. The van der Waals surface area contributed by atoms with Gasteiger partial charge in [-0.15, -0.1) is 10.2 Å². The first-order valence-electron chi connectivity index (χ1n) is 11.6. The van der Waals surface area contributed by atoms with Gasteiger partial charge in [-0.1, -0.05) is 53.6 Å². The minimum atomic E-state index is 0.0541. The van der Waals surface area contributed by atoms with Gasteiger partial charge in [0.1, 0.15) is 0 Å². The van der Waals surface area contributed by atoms with Crippen molar-refractivity contribution in [2.24, 2.45) is 0 Å². The van der Waals surface area contributed by atoms with Gasteiger partial charge in [-0.3, -0.25) is 4.79 Å². The zero-order valence-electron chi connectivity index (χ0n) is 19.2. The molecule has 1 aliphatic heterocycles. The normalized spacial score (nSPS) is 14.1. The fourth-order valence-corrected chi connectivity index (χ4v) is 4.81. The van der Waals surface area contributed by atoms with Crippen LogP contribution in [0.15, 0.2) is 72.8 Å². The largest absolute Gasteiger partial charge is 0.338 e. The second-order valence-electron chi connectivity index (χ2n) is 8.77. The summed E-state index contributed by atoms with van der Waals surface area (Å²) in [4.78, 5) is 22.1. The van der Waals surface area contributed by atoms with Crippen LogP contribution in [0.4, 0.5) is 5.95 Å². The molecule has 0 saturated carbocycles. The van der Waals surface area contributed by atoms with Crippen LogP contribution in [-0.4, -0.2) is 56.6 Å². The van der Waals surface area contributed by atoms with Gasteiger partial charge in [-0.05, 0) is 43.3 Å². The number of halogens is 1. The Morgan fingerprint density at radius 2 is 1.69 bits per heavy atom. The summed E-state index contributed by atoms with van der Waals surface area (Å²) >= 11 is 6.30. The van der Waals surface area contributed by atoms with Crippen molar-refractivity contribution in [1.82, 2.24) is 24.5 Å². The van der Waals surface area contributed by atoms with E-state index in [2.05, 4.69) is 34.2 Å². The molecule has 7 nitrogen and oxygen atoms in total. The second kappa shape index (κ2) is 8.67. The Labute approximate surface area is 207 Å². The van der Waals surface area contributed by atoms with Crippen molar-refractivity contribution in [2.75, 3.05) is 31.1 Å². The number of rotatable bonds is 3. The van der Waals surface area contributed by atoms with Crippen molar-refractivity contribution in [3.63, 3.8) is 0 Å². The van der Waals surface area contributed by atoms with Gasteiger partial charge < -0.3 is 9.80 Å². The number of hydrogen-bond acceptors (Lipinski definition) is 5. The summed E-state index contributed by atoms with van der Waals surface area (Å²) in [6.07, 6.45) is 0. The first-order chi connectivity index (χ1) is 17.1. The summed E-state index contributed by atoms with van der Waals surface area (Å²) in [7, 11) is 0. The maximum atomic E-state index is 12.9. The van der Waals surface area contributed by atoms with E-state index < -0.39 is 0 Å². The molecular formula is C27H23ClN6O. The lowest BCUT2D eigenvalue weighted by atomic mass is 10.1. The van der Waals surface area contributed by atoms with Crippen molar-refractivity contribution < 1.29 is 4.79 Å². The summed E-state index contributed by atoms with van der Waals surface area (Å²) in [6, 6.07) is 23.3. The highest BCUT2D eigenvalue weighted by Crippen LogP contribution is 2.30. The van der Waals surface area contributed by atoms with E-state index in [-0.39, 0.29) is 5.91 Å². The standard InChI is InChI=1S/C27H23ClN6O/c1-18-6-5-9-20(16-18)24-30-31-25-22-11-10-21(28)17-23(22)29-27(34(24)25)33-14-12-32(13-15-33)26(35)19-7-3-2-4-8-19/h2-11,16-17H,12-15H2,1H3. The predicted molar refractivity (Wildman–Crippen MR) is 138 cm³/mol. The third-order valence-electron chi connectivity index (χ3n) is 6.43. The highest BCUT2D eigenvalue weighted by molar-refractivity contribution is 6.31. The number of aryl methyl sites for hydroxylation is 1. The molecule has 1 amide bonds. The molecule has 0 atom stereocenters. The van der Waals surface area contributed by atoms with Gasteiger partial charge in [0.05, 0.1) is 5.52 Å². The van der Waals surface area contributed by atoms with Crippen LogP contribution in [0.1, 0.15) is 15.9 Å². The molecule has 174 valence electrons. The van der Waals surface area contributed by atoms with Gasteiger partial charge in [-0.2, -0.15) is 0 Å². The smallest absolute Gasteiger partial charge is 0.253 e. The number of nitrogens with zero attached hydrogens (tertiary/aromatic N) is 6. The molecule has 1 aliphatic rings. The van der Waals surface area contributed by atoms with E-state index in [0.29, 0.717) is 36.8 Å². The number of hydrogen-bond donors (Lipinski definition) is 0. The zero-order valence-corrected chi connectivity index (χ0v) is 20.0.